The van der Waals surface area contributed by atoms with E-state index in [-0.39, 0.29) is 23.8 Å². The fourth-order valence-electron chi connectivity index (χ4n) is 4.72. The summed E-state index contributed by atoms with van der Waals surface area (Å²) in [5.74, 6) is 0.625. The molecule has 3 aromatic rings. The molecule has 0 N–H and O–H groups in total. The van der Waals surface area contributed by atoms with Crippen molar-refractivity contribution in [2.45, 2.75) is 25.2 Å². The van der Waals surface area contributed by atoms with Crippen LogP contribution in [-0.4, -0.2) is 46.5 Å². The Morgan fingerprint density at radius 1 is 0.967 bits per heavy atom. The minimum atomic E-state index is -0.263. The lowest BCUT2D eigenvalue weighted by molar-refractivity contribution is 0.0556. The van der Waals surface area contributed by atoms with Gasteiger partial charge in [0, 0.05) is 32.4 Å². The number of carbonyl (C=O) groups is 1. The normalized spacial score (nSPS) is 20.9. The predicted molar refractivity (Wildman–Crippen MR) is 112 cm³/mol. The summed E-state index contributed by atoms with van der Waals surface area (Å²) in [6.07, 6.45) is 2.01. The van der Waals surface area contributed by atoms with E-state index in [1.165, 1.54) is 17.7 Å². The van der Waals surface area contributed by atoms with E-state index in [9.17, 15) is 9.18 Å². The molecular weight excluding hydrogens is 381 g/mol. The van der Waals surface area contributed by atoms with Crippen molar-refractivity contribution in [3.63, 3.8) is 0 Å². The van der Waals surface area contributed by atoms with E-state index < -0.39 is 0 Å². The Balaban J connectivity index is 1.41. The number of rotatable bonds is 5. The third-order valence-electron chi connectivity index (χ3n) is 6.16. The molecule has 5 rings (SSSR count). The summed E-state index contributed by atoms with van der Waals surface area (Å²) in [6, 6.07) is 18.7. The summed E-state index contributed by atoms with van der Waals surface area (Å²) < 4.78 is 20.8. The van der Waals surface area contributed by atoms with Crippen LogP contribution >= 0.6 is 0 Å². The number of likely N-dealkylation sites (tertiary alicyclic amines) is 1. The van der Waals surface area contributed by atoms with Gasteiger partial charge in [0.1, 0.15) is 17.3 Å². The Labute approximate surface area is 175 Å². The minimum Gasteiger partial charge on any atom is -0.497 e. The summed E-state index contributed by atoms with van der Waals surface area (Å²) in [7, 11) is 1.68. The topological polar surface area (TPSA) is 37.7 Å². The summed E-state index contributed by atoms with van der Waals surface area (Å²) in [6.45, 7) is 2.96. The van der Waals surface area contributed by atoms with E-state index in [1.807, 2.05) is 35.4 Å². The van der Waals surface area contributed by atoms with Crippen molar-refractivity contribution in [2.24, 2.45) is 0 Å². The maximum atomic E-state index is 13.3. The van der Waals surface area contributed by atoms with Gasteiger partial charge in [0.05, 0.1) is 19.2 Å². The molecule has 1 fully saturated rings. The van der Waals surface area contributed by atoms with Gasteiger partial charge in [-0.15, -0.1) is 0 Å². The van der Waals surface area contributed by atoms with E-state index in [2.05, 4.69) is 21.6 Å². The Kier molecular flexibility index (Phi) is 4.79. The Hall–Kier alpha value is -3.12. The van der Waals surface area contributed by atoms with Crippen LogP contribution < -0.4 is 4.74 Å². The van der Waals surface area contributed by atoms with Crippen molar-refractivity contribution >= 4 is 5.91 Å². The van der Waals surface area contributed by atoms with Crippen LogP contribution in [0.4, 0.5) is 4.39 Å². The molecule has 2 aliphatic heterocycles. The molecule has 154 valence electrons. The van der Waals surface area contributed by atoms with Gasteiger partial charge in [-0.2, -0.15) is 0 Å². The Bertz CT molecular complexity index is 1060. The molecule has 0 aliphatic carbocycles. The highest BCUT2D eigenvalue weighted by molar-refractivity contribution is 5.94. The molecule has 1 aromatic heterocycles. The second-order valence-electron chi connectivity index (χ2n) is 8.04. The third kappa shape index (κ3) is 3.37. The van der Waals surface area contributed by atoms with E-state index in [0.29, 0.717) is 6.54 Å². The summed E-state index contributed by atoms with van der Waals surface area (Å²) >= 11 is 0. The predicted octanol–water partition coefficient (Wildman–Crippen LogP) is 3.72. The number of ether oxygens (including phenoxy) is 1. The SMILES string of the molecule is COc1cccc(CN2CC3C(C2)n2cccc2C(=O)N3Cc2ccc(F)cc2)c1. The molecule has 2 unspecified atom stereocenters. The number of carbonyl (C=O) groups excluding carboxylic acids is 1. The van der Waals surface area contributed by atoms with Crippen molar-refractivity contribution in [3.05, 3.63) is 89.5 Å². The number of benzene rings is 2. The van der Waals surface area contributed by atoms with Gasteiger partial charge in [-0.05, 0) is 47.5 Å². The smallest absolute Gasteiger partial charge is 0.271 e. The number of hydrogen-bond donors (Lipinski definition) is 0. The maximum absolute atomic E-state index is 13.3. The summed E-state index contributed by atoms with van der Waals surface area (Å²) in [5.41, 5.74) is 2.86. The number of methoxy groups -OCH3 is 1. The van der Waals surface area contributed by atoms with Crippen LogP contribution in [0, 0.1) is 5.82 Å². The van der Waals surface area contributed by atoms with Gasteiger partial charge in [-0.3, -0.25) is 9.69 Å². The second-order valence-corrected chi connectivity index (χ2v) is 8.04. The molecule has 6 heteroatoms. The van der Waals surface area contributed by atoms with E-state index in [1.54, 1.807) is 19.2 Å². The van der Waals surface area contributed by atoms with Gasteiger partial charge < -0.3 is 14.2 Å². The molecule has 2 aromatic carbocycles. The number of hydrogen-bond acceptors (Lipinski definition) is 3. The fourth-order valence-corrected chi connectivity index (χ4v) is 4.72. The summed E-state index contributed by atoms with van der Waals surface area (Å²) in [4.78, 5) is 17.6. The highest BCUT2D eigenvalue weighted by atomic mass is 19.1. The molecule has 30 heavy (non-hydrogen) atoms. The lowest BCUT2D eigenvalue weighted by Gasteiger charge is -2.38. The zero-order valence-electron chi connectivity index (χ0n) is 16.9. The molecule has 0 radical (unpaired) electrons. The van der Waals surface area contributed by atoms with E-state index >= 15 is 0 Å². The van der Waals surface area contributed by atoms with Crippen molar-refractivity contribution in [3.8, 4) is 5.75 Å². The Morgan fingerprint density at radius 3 is 2.57 bits per heavy atom. The van der Waals surface area contributed by atoms with Crippen LogP contribution in [0.3, 0.4) is 0 Å². The zero-order valence-corrected chi connectivity index (χ0v) is 16.9. The molecule has 1 amide bonds. The molecule has 5 nitrogen and oxygen atoms in total. The van der Waals surface area contributed by atoms with Crippen LogP contribution in [0.2, 0.25) is 0 Å². The largest absolute Gasteiger partial charge is 0.497 e. The third-order valence-corrected chi connectivity index (χ3v) is 6.16. The van der Waals surface area contributed by atoms with Gasteiger partial charge in [0.25, 0.3) is 5.91 Å². The first-order valence-corrected chi connectivity index (χ1v) is 10.2. The molecule has 2 atom stereocenters. The van der Waals surface area contributed by atoms with Crippen molar-refractivity contribution in [2.75, 3.05) is 20.2 Å². The quantitative estimate of drug-likeness (QED) is 0.649. The number of nitrogens with zero attached hydrogens (tertiary/aromatic N) is 3. The number of fused-ring (bicyclic) bond motifs is 3. The first-order chi connectivity index (χ1) is 14.6. The van der Waals surface area contributed by atoms with Crippen molar-refractivity contribution < 1.29 is 13.9 Å². The Morgan fingerprint density at radius 2 is 1.77 bits per heavy atom. The van der Waals surface area contributed by atoms with Crippen LogP contribution in [0.15, 0.2) is 66.9 Å². The highest BCUT2D eigenvalue weighted by Gasteiger charge is 2.44. The standard InChI is InChI=1S/C24H24FN3O2/c1-30-20-5-2-4-18(12-20)13-26-15-22-23(16-26)28(14-17-7-9-19(25)10-8-17)24(29)21-6-3-11-27(21)22/h2-12,22-23H,13-16H2,1H3. The van der Waals surface area contributed by atoms with E-state index in [4.69, 9.17) is 4.74 Å². The highest BCUT2D eigenvalue weighted by Crippen LogP contribution is 2.35. The van der Waals surface area contributed by atoms with E-state index in [0.717, 1.165) is 36.6 Å². The molecular formula is C24H24FN3O2. The van der Waals surface area contributed by atoms with Gasteiger partial charge in [-0.1, -0.05) is 24.3 Å². The molecule has 0 spiro atoms. The molecule has 1 saturated heterocycles. The van der Waals surface area contributed by atoms with Crippen LogP contribution in [0.25, 0.3) is 0 Å². The molecule has 2 aliphatic rings. The van der Waals surface area contributed by atoms with Gasteiger partial charge >= 0.3 is 0 Å². The number of amides is 1. The van der Waals surface area contributed by atoms with Crippen LogP contribution in [0.1, 0.15) is 27.7 Å². The average Bonchev–Trinajstić information content (AvgIpc) is 3.40. The zero-order chi connectivity index (χ0) is 20.7. The van der Waals surface area contributed by atoms with Gasteiger partial charge in [-0.25, -0.2) is 4.39 Å². The molecule has 0 saturated carbocycles. The monoisotopic (exact) mass is 405 g/mol. The van der Waals surface area contributed by atoms with Gasteiger partial charge in [0.2, 0.25) is 0 Å². The number of aromatic nitrogens is 1. The van der Waals surface area contributed by atoms with Crippen LogP contribution in [-0.2, 0) is 13.1 Å². The lowest BCUT2D eigenvalue weighted by Crippen LogP contribution is -2.49. The average molecular weight is 405 g/mol. The second kappa shape index (κ2) is 7.61. The van der Waals surface area contributed by atoms with Gasteiger partial charge in [0.15, 0.2) is 0 Å². The van der Waals surface area contributed by atoms with Crippen molar-refractivity contribution in [1.82, 2.24) is 14.4 Å². The summed E-state index contributed by atoms with van der Waals surface area (Å²) in [5, 5.41) is 0. The molecule has 3 heterocycles. The molecule has 0 bridgehead atoms. The lowest BCUT2D eigenvalue weighted by atomic mass is 10.0. The first kappa shape index (κ1) is 18.9. The maximum Gasteiger partial charge on any atom is 0.271 e. The first-order valence-electron chi connectivity index (χ1n) is 10.2. The van der Waals surface area contributed by atoms with Crippen LogP contribution in [0.5, 0.6) is 5.75 Å². The fraction of sp³-hybridized carbons (Fsp3) is 0.292. The van der Waals surface area contributed by atoms with Crippen molar-refractivity contribution in [1.29, 1.82) is 0 Å². The minimum absolute atomic E-state index is 0.0359. The number of halogens is 1.